The molecule has 2 amide bonds. The van der Waals surface area contributed by atoms with Gasteiger partial charge in [0.1, 0.15) is 11.8 Å². The van der Waals surface area contributed by atoms with Crippen molar-refractivity contribution in [3.05, 3.63) is 62.7 Å². The second-order valence-corrected chi connectivity index (χ2v) is 9.49. The molecule has 0 spiro atoms. The highest BCUT2D eigenvalue weighted by atomic mass is 127. The molecule has 0 saturated carbocycles. The number of hydrogen-bond acceptors (Lipinski definition) is 3. The van der Waals surface area contributed by atoms with Crippen molar-refractivity contribution in [2.75, 3.05) is 6.61 Å². The number of halogens is 2. The molecule has 1 N–H and O–H groups in total. The summed E-state index contributed by atoms with van der Waals surface area (Å²) >= 11 is 8.29. The standard InChI is InChI=1S/C22H26ClIN2O3/c1-15(21(28)25-22(2,3)4)26(13-16-6-5-7-17(23)12-16)20(27)14-29-19-10-8-18(24)9-11-19/h5-12,15H,13-14H2,1-4H3,(H,25,28)/t15-/m0/s1. The Bertz CT molecular complexity index is 850. The minimum atomic E-state index is -0.666. The van der Waals surface area contributed by atoms with Crippen LogP contribution < -0.4 is 10.1 Å². The topological polar surface area (TPSA) is 58.6 Å². The first-order valence-corrected chi connectivity index (χ1v) is 10.7. The van der Waals surface area contributed by atoms with Gasteiger partial charge in [-0.2, -0.15) is 0 Å². The summed E-state index contributed by atoms with van der Waals surface area (Å²) in [5, 5.41) is 3.51. The fourth-order valence-corrected chi connectivity index (χ4v) is 3.22. The van der Waals surface area contributed by atoms with Gasteiger partial charge in [0.05, 0.1) is 0 Å². The van der Waals surface area contributed by atoms with Crippen molar-refractivity contribution in [2.24, 2.45) is 0 Å². The minimum absolute atomic E-state index is 0.158. The van der Waals surface area contributed by atoms with Crippen LogP contribution in [0.3, 0.4) is 0 Å². The molecule has 2 aromatic rings. The number of carbonyl (C=O) groups excluding carboxylic acids is 2. The molecule has 0 aliphatic rings. The highest BCUT2D eigenvalue weighted by molar-refractivity contribution is 14.1. The Balaban J connectivity index is 2.16. The number of ether oxygens (including phenoxy) is 1. The summed E-state index contributed by atoms with van der Waals surface area (Å²) in [5.41, 5.74) is 0.448. The Hall–Kier alpha value is -1.80. The molecule has 0 bridgehead atoms. The zero-order valence-corrected chi connectivity index (χ0v) is 20.0. The fourth-order valence-electron chi connectivity index (χ4n) is 2.65. The number of hydrogen-bond donors (Lipinski definition) is 1. The van der Waals surface area contributed by atoms with E-state index < -0.39 is 11.6 Å². The van der Waals surface area contributed by atoms with Gasteiger partial charge in [0.25, 0.3) is 5.91 Å². The number of nitrogens with one attached hydrogen (secondary N) is 1. The van der Waals surface area contributed by atoms with Crippen molar-refractivity contribution in [1.29, 1.82) is 0 Å². The van der Waals surface area contributed by atoms with Crippen molar-refractivity contribution < 1.29 is 14.3 Å². The fraction of sp³-hybridized carbons (Fsp3) is 0.364. The third-order valence-corrected chi connectivity index (χ3v) is 5.04. The lowest BCUT2D eigenvalue weighted by molar-refractivity contribution is -0.142. The monoisotopic (exact) mass is 528 g/mol. The first kappa shape index (κ1) is 23.5. The summed E-state index contributed by atoms with van der Waals surface area (Å²) in [6.07, 6.45) is 0. The van der Waals surface area contributed by atoms with Gasteiger partial charge in [-0.1, -0.05) is 23.7 Å². The summed E-state index contributed by atoms with van der Waals surface area (Å²) in [7, 11) is 0. The van der Waals surface area contributed by atoms with Crippen LogP contribution in [0.1, 0.15) is 33.3 Å². The van der Waals surface area contributed by atoms with Crippen LogP contribution in [0, 0.1) is 3.57 Å². The lowest BCUT2D eigenvalue weighted by Crippen LogP contribution is -2.53. The molecular formula is C22H26ClIN2O3. The molecule has 5 nitrogen and oxygen atoms in total. The van der Waals surface area contributed by atoms with Crippen LogP contribution in [0.2, 0.25) is 5.02 Å². The third-order valence-electron chi connectivity index (χ3n) is 4.08. The first-order valence-electron chi connectivity index (χ1n) is 9.29. The van der Waals surface area contributed by atoms with Crippen molar-refractivity contribution >= 4 is 46.0 Å². The van der Waals surface area contributed by atoms with E-state index >= 15 is 0 Å². The molecule has 156 valence electrons. The summed E-state index contributed by atoms with van der Waals surface area (Å²) in [5.74, 6) is 0.107. The molecule has 0 aliphatic carbocycles. The Morgan fingerprint density at radius 1 is 1.17 bits per heavy atom. The van der Waals surface area contributed by atoms with Gasteiger partial charge < -0.3 is 15.0 Å². The summed E-state index contributed by atoms with van der Waals surface area (Å²) in [6.45, 7) is 7.53. The van der Waals surface area contributed by atoms with E-state index in [4.69, 9.17) is 16.3 Å². The number of rotatable bonds is 7. The molecule has 0 heterocycles. The van der Waals surface area contributed by atoms with Crippen molar-refractivity contribution in [3.63, 3.8) is 0 Å². The largest absolute Gasteiger partial charge is 0.484 e. The molecule has 0 unspecified atom stereocenters. The van der Waals surface area contributed by atoms with Crippen LogP contribution >= 0.6 is 34.2 Å². The van der Waals surface area contributed by atoms with Crippen molar-refractivity contribution in [1.82, 2.24) is 10.2 Å². The van der Waals surface area contributed by atoms with Gasteiger partial charge in [-0.25, -0.2) is 0 Å². The molecule has 0 fully saturated rings. The number of nitrogens with zero attached hydrogens (tertiary/aromatic N) is 1. The van der Waals surface area contributed by atoms with Gasteiger partial charge in [-0.3, -0.25) is 9.59 Å². The maximum atomic E-state index is 13.0. The zero-order valence-electron chi connectivity index (χ0n) is 17.0. The van der Waals surface area contributed by atoms with E-state index in [1.54, 1.807) is 19.1 Å². The number of carbonyl (C=O) groups is 2. The van der Waals surface area contributed by atoms with E-state index in [1.807, 2.05) is 57.2 Å². The van der Waals surface area contributed by atoms with Crippen LogP contribution in [-0.2, 0) is 16.1 Å². The van der Waals surface area contributed by atoms with Gasteiger partial charge in [0.2, 0.25) is 5.91 Å². The van der Waals surface area contributed by atoms with Crippen LogP contribution in [0.5, 0.6) is 5.75 Å². The van der Waals surface area contributed by atoms with Gasteiger partial charge in [0.15, 0.2) is 6.61 Å². The molecule has 29 heavy (non-hydrogen) atoms. The average Bonchev–Trinajstić information content (AvgIpc) is 2.63. The molecule has 0 aromatic heterocycles. The van der Waals surface area contributed by atoms with E-state index in [2.05, 4.69) is 27.9 Å². The van der Waals surface area contributed by atoms with Gasteiger partial charge in [-0.05, 0) is 92.2 Å². The predicted molar refractivity (Wildman–Crippen MR) is 124 cm³/mol. The molecule has 2 aromatic carbocycles. The third kappa shape index (κ3) is 7.85. The summed E-state index contributed by atoms with van der Waals surface area (Å²) in [6, 6.07) is 14.0. The Morgan fingerprint density at radius 3 is 2.41 bits per heavy atom. The van der Waals surface area contributed by atoms with Crippen LogP contribution in [0.15, 0.2) is 48.5 Å². The maximum Gasteiger partial charge on any atom is 0.261 e. The molecule has 0 aliphatic heterocycles. The van der Waals surface area contributed by atoms with Gasteiger partial charge >= 0.3 is 0 Å². The van der Waals surface area contributed by atoms with E-state index in [9.17, 15) is 9.59 Å². The second kappa shape index (κ2) is 10.3. The van der Waals surface area contributed by atoms with Gasteiger partial charge in [0, 0.05) is 20.7 Å². The van der Waals surface area contributed by atoms with Crippen LogP contribution in [0.4, 0.5) is 0 Å². The van der Waals surface area contributed by atoms with Crippen molar-refractivity contribution in [3.8, 4) is 5.75 Å². The quantitative estimate of drug-likeness (QED) is 0.532. The smallest absolute Gasteiger partial charge is 0.261 e. The van der Waals surface area contributed by atoms with E-state index in [-0.39, 0.29) is 25.0 Å². The van der Waals surface area contributed by atoms with Gasteiger partial charge in [-0.15, -0.1) is 0 Å². The van der Waals surface area contributed by atoms with Crippen molar-refractivity contribution in [2.45, 2.75) is 45.8 Å². The molecular weight excluding hydrogens is 503 g/mol. The molecule has 2 rings (SSSR count). The van der Waals surface area contributed by atoms with Crippen LogP contribution in [-0.4, -0.2) is 34.9 Å². The van der Waals surface area contributed by atoms with E-state index in [0.717, 1.165) is 9.13 Å². The Kier molecular flexibility index (Phi) is 8.34. The molecule has 1 atom stereocenters. The highest BCUT2D eigenvalue weighted by Gasteiger charge is 2.28. The molecule has 0 saturated heterocycles. The first-order chi connectivity index (χ1) is 13.5. The summed E-state index contributed by atoms with van der Waals surface area (Å²) in [4.78, 5) is 27.2. The summed E-state index contributed by atoms with van der Waals surface area (Å²) < 4.78 is 6.72. The zero-order chi connectivity index (χ0) is 21.6. The highest BCUT2D eigenvalue weighted by Crippen LogP contribution is 2.17. The van der Waals surface area contributed by atoms with Crippen LogP contribution in [0.25, 0.3) is 0 Å². The van der Waals surface area contributed by atoms with E-state index in [1.165, 1.54) is 4.90 Å². The molecule has 7 heteroatoms. The van der Waals surface area contributed by atoms with E-state index in [0.29, 0.717) is 10.8 Å². The SMILES string of the molecule is C[C@@H](C(=O)NC(C)(C)C)N(Cc1cccc(Cl)c1)C(=O)COc1ccc(I)cc1. The maximum absolute atomic E-state index is 13.0. The predicted octanol–water partition coefficient (Wildman–Crippen LogP) is 4.66. The normalized spacial score (nSPS) is 12.2. The second-order valence-electron chi connectivity index (χ2n) is 7.81. The lowest BCUT2D eigenvalue weighted by atomic mass is 10.1. The lowest BCUT2D eigenvalue weighted by Gasteiger charge is -2.31. The number of amides is 2. The Morgan fingerprint density at radius 2 is 1.83 bits per heavy atom. The average molecular weight is 529 g/mol. The molecule has 0 radical (unpaired) electrons. The Labute approximate surface area is 190 Å². The minimum Gasteiger partial charge on any atom is -0.484 e. The number of benzene rings is 2.